The quantitative estimate of drug-likeness (QED) is 0.747. The van der Waals surface area contributed by atoms with E-state index in [-0.39, 0.29) is 6.10 Å². The van der Waals surface area contributed by atoms with Crippen molar-refractivity contribution in [1.29, 1.82) is 0 Å². The van der Waals surface area contributed by atoms with Gasteiger partial charge in [-0.25, -0.2) is 0 Å². The lowest BCUT2D eigenvalue weighted by Gasteiger charge is -2.29. The zero-order valence-corrected chi connectivity index (χ0v) is 13.0. The Labute approximate surface area is 117 Å². The minimum atomic E-state index is 0.233. The predicted molar refractivity (Wildman–Crippen MR) is 79.3 cm³/mol. The van der Waals surface area contributed by atoms with Gasteiger partial charge in [0.1, 0.15) is 0 Å². The third-order valence-corrected chi connectivity index (χ3v) is 3.45. The van der Waals surface area contributed by atoms with E-state index in [0.717, 1.165) is 25.9 Å². The molecule has 2 atom stereocenters. The van der Waals surface area contributed by atoms with Crippen LogP contribution in [0.5, 0.6) is 0 Å². The van der Waals surface area contributed by atoms with Crippen LogP contribution < -0.4 is 5.32 Å². The van der Waals surface area contributed by atoms with E-state index >= 15 is 0 Å². The number of nitrogens with zero attached hydrogens (tertiary/aromatic N) is 2. The molecule has 0 amide bonds. The zero-order valence-electron chi connectivity index (χ0n) is 13.0. The van der Waals surface area contributed by atoms with Crippen LogP contribution in [0.15, 0.2) is 12.4 Å². The molecule has 0 bridgehead atoms. The smallest absolute Gasteiger partial charge is 0.0750 e. The summed E-state index contributed by atoms with van der Waals surface area (Å²) < 4.78 is 7.66. The summed E-state index contributed by atoms with van der Waals surface area (Å²) in [4.78, 5) is 0. The summed E-state index contributed by atoms with van der Waals surface area (Å²) in [6, 6.07) is 0.347. The molecule has 0 aliphatic carbocycles. The lowest BCUT2D eigenvalue weighted by Crippen LogP contribution is -2.45. The maximum atomic E-state index is 5.69. The van der Waals surface area contributed by atoms with Crippen LogP contribution in [0.2, 0.25) is 0 Å². The van der Waals surface area contributed by atoms with Crippen LogP contribution in [0.25, 0.3) is 0 Å². The second kappa shape index (κ2) is 8.33. The second-order valence-electron chi connectivity index (χ2n) is 5.41. The number of nitrogens with one attached hydrogen (secondary N) is 1. The summed E-state index contributed by atoms with van der Waals surface area (Å²) in [5, 5.41) is 7.96. The molecular formula is C15H29N3O. The molecule has 1 N–H and O–H groups in total. The molecule has 0 radical (unpaired) electrons. The van der Waals surface area contributed by atoms with Crippen LogP contribution >= 0.6 is 0 Å². The summed E-state index contributed by atoms with van der Waals surface area (Å²) in [6.07, 6.45) is 6.44. The van der Waals surface area contributed by atoms with Crippen molar-refractivity contribution in [1.82, 2.24) is 15.1 Å². The van der Waals surface area contributed by atoms with Gasteiger partial charge in [-0.1, -0.05) is 20.8 Å². The molecule has 0 aliphatic heterocycles. The van der Waals surface area contributed by atoms with Crippen molar-refractivity contribution in [2.45, 2.75) is 59.2 Å². The topological polar surface area (TPSA) is 39.1 Å². The van der Waals surface area contributed by atoms with Crippen molar-refractivity contribution in [3.8, 4) is 0 Å². The standard InChI is InChI=1S/C15H29N3O/c1-6-8-16-14(15(19-5)12(3)4)9-13-10-17-18(7-2)11-13/h10-12,14-16H,6-9H2,1-5H3. The minimum Gasteiger partial charge on any atom is -0.380 e. The van der Waals surface area contributed by atoms with Gasteiger partial charge >= 0.3 is 0 Å². The van der Waals surface area contributed by atoms with E-state index in [0.29, 0.717) is 12.0 Å². The van der Waals surface area contributed by atoms with Gasteiger partial charge in [0.2, 0.25) is 0 Å². The number of ether oxygens (including phenoxy) is 1. The maximum absolute atomic E-state index is 5.69. The second-order valence-corrected chi connectivity index (χ2v) is 5.41. The molecule has 110 valence electrons. The first kappa shape index (κ1) is 16.2. The number of methoxy groups -OCH3 is 1. The number of hydrogen-bond donors (Lipinski definition) is 1. The fourth-order valence-corrected chi connectivity index (χ4v) is 2.47. The Morgan fingerprint density at radius 2 is 2.11 bits per heavy atom. The SMILES string of the molecule is CCCNC(Cc1cnn(CC)c1)C(OC)C(C)C. The molecule has 4 nitrogen and oxygen atoms in total. The summed E-state index contributed by atoms with van der Waals surface area (Å²) in [5.41, 5.74) is 1.28. The first-order chi connectivity index (χ1) is 9.12. The Morgan fingerprint density at radius 3 is 2.58 bits per heavy atom. The molecule has 0 saturated heterocycles. The first-order valence-corrected chi connectivity index (χ1v) is 7.39. The van der Waals surface area contributed by atoms with Crippen LogP contribution in [0, 0.1) is 5.92 Å². The Bertz CT molecular complexity index is 349. The van der Waals surface area contributed by atoms with Crippen molar-refractivity contribution in [3.05, 3.63) is 18.0 Å². The fraction of sp³-hybridized carbons (Fsp3) is 0.800. The van der Waals surface area contributed by atoms with E-state index < -0.39 is 0 Å². The number of aryl methyl sites for hydroxylation is 1. The lowest BCUT2D eigenvalue weighted by atomic mass is 9.95. The largest absolute Gasteiger partial charge is 0.380 e. The van der Waals surface area contributed by atoms with Crippen LogP contribution in [0.1, 0.15) is 39.7 Å². The molecule has 1 heterocycles. The molecule has 0 spiro atoms. The molecule has 0 saturated carbocycles. The fourth-order valence-electron chi connectivity index (χ4n) is 2.47. The van der Waals surface area contributed by atoms with Crippen molar-refractivity contribution in [2.24, 2.45) is 5.92 Å². The van der Waals surface area contributed by atoms with Crippen LogP contribution in [-0.4, -0.2) is 35.6 Å². The molecule has 0 fully saturated rings. The van der Waals surface area contributed by atoms with Gasteiger partial charge in [-0.3, -0.25) is 4.68 Å². The Balaban J connectivity index is 2.72. The van der Waals surface area contributed by atoms with Crippen molar-refractivity contribution in [3.63, 3.8) is 0 Å². The third kappa shape index (κ3) is 4.96. The summed E-state index contributed by atoms with van der Waals surface area (Å²) in [5.74, 6) is 0.501. The van der Waals surface area contributed by atoms with E-state index in [9.17, 15) is 0 Å². The summed E-state index contributed by atoms with van der Waals surface area (Å²) >= 11 is 0. The Morgan fingerprint density at radius 1 is 1.37 bits per heavy atom. The molecule has 1 aromatic rings. The van der Waals surface area contributed by atoms with Gasteiger partial charge in [-0.05, 0) is 37.8 Å². The van der Waals surface area contributed by atoms with Crippen LogP contribution in [-0.2, 0) is 17.7 Å². The van der Waals surface area contributed by atoms with Gasteiger partial charge in [-0.15, -0.1) is 0 Å². The highest BCUT2D eigenvalue weighted by atomic mass is 16.5. The highest BCUT2D eigenvalue weighted by Crippen LogP contribution is 2.15. The van der Waals surface area contributed by atoms with Gasteiger partial charge in [0.15, 0.2) is 0 Å². The normalized spacial score (nSPS) is 14.8. The monoisotopic (exact) mass is 267 g/mol. The third-order valence-electron chi connectivity index (χ3n) is 3.45. The Hall–Kier alpha value is -0.870. The highest BCUT2D eigenvalue weighted by Gasteiger charge is 2.24. The summed E-state index contributed by atoms with van der Waals surface area (Å²) in [6.45, 7) is 10.7. The van der Waals surface area contributed by atoms with Gasteiger partial charge in [0.25, 0.3) is 0 Å². The van der Waals surface area contributed by atoms with E-state index in [2.05, 4.69) is 44.3 Å². The molecule has 1 rings (SSSR count). The first-order valence-electron chi connectivity index (χ1n) is 7.39. The number of hydrogen-bond acceptors (Lipinski definition) is 3. The van der Waals surface area contributed by atoms with E-state index in [4.69, 9.17) is 4.74 Å². The van der Waals surface area contributed by atoms with Crippen LogP contribution in [0.4, 0.5) is 0 Å². The lowest BCUT2D eigenvalue weighted by molar-refractivity contribution is 0.0332. The van der Waals surface area contributed by atoms with E-state index in [1.54, 1.807) is 7.11 Å². The van der Waals surface area contributed by atoms with E-state index in [1.807, 2.05) is 10.9 Å². The molecular weight excluding hydrogens is 238 g/mol. The van der Waals surface area contributed by atoms with Gasteiger partial charge in [0.05, 0.1) is 12.3 Å². The minimum absolute atomic E-state index is 0.233. The van der Waals surface area contributed by atoms with E-state index in [1.165, 1.54) is 5.56 Å². The maximum Gasteiger partial charge on any atom is 0.0750 e. The van der Waals surface area contributed by atoms with Gasteiger partial charge in [-0.2, -0.15) is 5.10 Å². The number of aromatic nitrogens is 2. The van der Waals surface area contributed by atoms with Crippen LogP contribution in [0.3, 0.4) is 0 Å². The molecule has 19 heavy (non-hydrogen) atoms. The highest BCUT2D eigenvalue weighted by molar-refractivity contribution is 5.07. The molecule has 2 unspecified atom stereocenters. The summed E-state index contributed by atoms with van der Waals surface area (Å²) in [7, 11) is 1.81. The zero-order chi connectivity index (χ0) is 14.3. The molecule has 0 aromatic carbocycles. The average Bonchev–Trinajstić information content (AvgIpc) is 2.83. The number of rotatable bonds is 9. The molecule has 1 aromatic heterocycles. The van der Waals surface area contributed by atoms with Crippen molar-refractivity contribution < 1.29 is 4.74 Å². The van der Waals surface area contributed by atoms with Gasteiger partial charge in [0, 0.05) is 25.9 Å². The Kier molecular flexibility index (Phi) is 7.10. The van der Waals surface area contributed by atoms with Crippen molar-refractivity contribution in [2.75, 3.05) is 13.7 Å². The molecule has 0 aliphatic rings. The van der Waals surface area contributed by atoms with Gasteiger partial charge < -0.3 is 10.1 Å². The predicted octanol–water partition coefficient (Wildman–Crippen LogP) is 2.48. The van der Waals surface area contributed by atoms with Crippen molar-refractivity contribution >= 4 is 0 Å². The molecule has 4 heteroatoms. The average molecular weight is 267 g/mol.